The lowest BCUT2D eigenvalue weighted by Crippen LogP contribution is -2.39. The van der Waals surface area contributed by atoms with Gasteiger partial charge in [-0.15, -0.1) is 0 Å². The van der Waals surface area contributed by atoms with Crippen LogP contribution in [-0.2, 0) is 0 Å². The number of rotatable bonds is 5. The van der Waals surface area contributed by atoms with E-state index in [1.54, 1.807) is 0 Å². The molecule has 3 heteroatoms. The summed E-state index contributed by atoms with van der Waals surface area (Å²) in [6, 6.07) is 5.26. The monoisotopic (exact) mass is 323 g/mol. The fraction of sp³-hybridized carbons (Fsp3) is 0.667. The molecule has 1 aromatic rings. The summed E-state index contributed by atoms with van der Waals surface area (Å²) in [6.45, 7) is 12.3. The lowest BCUT2D eigenvalue weighted by molar-refractivity contribution is 0.510. The summed E-state index contributed by atoms with van der Waals surface area (Å²) in [4.78, 5) is 0. The molecule has 0 saturated carbocycles. The molecule has 1 nitrogen and oxygen atoms in total. The van der Waals surface area contributed by atoms with Crippen LogP contribution < -0.4 is 5.32 Å². The van der Waals surface area contributed by atoms with E-state index in [-0.39, 0.29) is 0 Å². The Balaban J connectivity index is 2.35. The van der Waals surface area contributed by atoms with Crippen molar-refractivity contribution in [2.24, 2.45) is 0 Å². The zero-order valence-electron chi connectivity index (χ0n) is 14.0. The van der Waals surface area contributed by atoms with Crippen LogP contribution in [0.2, 0.25) is 0 Å². The first-order chi connectivity index (χ1) is 10.1. The molecule has 3 atom stereocenters. The lowest BCUT2D eigenvalue weighted by Gasteiger charge is -2.37. The van der Waals surface area contributed by atoms with E-state index in [4.69, 9.17) is 0 Å². The summed E-state index contributed by atoms with van der Waals surface area (Å²) in [5, 5.41) is 5.25. The van der Waals surface area contributed by atoms with Crippen molar-refractivity contribution < 1.29 is 0 Å². The Kier molecular flexibility index (Phi) is 6.51. The quantitative estimate of drug-likeness (QED) is 0.828. The van der Waals surface area contributed by atoms with Crippen LogP contribution in [0.3, 0.4) is 0 Å². The molecular formula is C18H29NS2. The van der Waals surface area contributed by atoms with Crippen LogP contribution in [0.5, 0.6) is 0 Å². The first-order valence-corrected chi connectivity index (χ1v) is 10.2. The van der Waals surface area contributed by atoms with E-state index >= 15 is 0 Å². The molecule has 0 spiro atoms. The third kappa shape index (κ3) is 4.00. The van der Waals surface area contributed by atoms with E-state index in [1.165, 1.54) is 40.2 Å². The van der Waals surface area contributed by atoms with Gasteiger partial charge in [0.2, 0.25) is 0 Å². The Morgan fingerprint density at radius 1 is 1.05 bits per heavy atom. The predicted octanol–water partition coefficient (Wildman–Crippen LogP) is 4.89. The molecule has 0 radical (unpaired) electrons. The highest BCUT2D eigenvalue weighted by molar-refractivity contribution is 8.07. The number of thioether (sulfide) groups is 2. The Morgan fingerprint density at radius 2 is 1.71 bits per heavy atom. The zero-order valence-corrected chi connectivity index (χ0v) is 15.7. The van der Waals surface area contributed by atoms with Crippen molar-refractivity contribution in [3.05, 3.63) is 34.4 Å². The van der Waals surface area contributed by atoms with Crippen molar-refractivity contribution in [1.29, 1.82) is 0 Å². The minimum Gasteiger partial charge on any atom is -0.309 e. The Morgan fingerprint density at radius 3 is 2.38 bits per heavy atom. The van der Waals surface area contributed by atoms with Crippen LogP contribution in [-0.4, -0.2) is 28.6 Å². The van der Waals surface area contributed by atoms with Crippen molar-refractivity contribution >= 4 is 23.5 Å². The second-order valence-electron chi connectivity index (χ2n) is 5.98. The number of hydrogen-bond acceptors (Lipinski definition) is 3. The number of aryl methyl sites for hydroxylation is 3. The average molecular weight is 324 g/mol. The van der Waals surface area contributed by atoms with E-state index < -0.39 is 0 Å². The fourth-order valence-corrected chi connectivity index (χ4v) is 6.43. The van der Waals surface area contributed by atoms with Gasteiger partial charge in [-0.2, -0.15) is 23.5 Å². The molecule has 2 rings (SSSR count). The molecule has 0 amide bonds. The van der Waals surface area contributed by atoms with Gasteiger partial charge >= 0.3 is 0 Å². The maximum absolute atomic E-state index is 3.79. The van der Waals surface area contributed by atoms with E-state index in [0.29, 0.717) is 11.3 Å². The van der Waals surface area contributed by atoms with Gasteiger partial charge in [0.15, 0.2) is 0 Å². The maximum atomic E-state index is 3.79. The van der Waals surface area contributed by atoms with Gasteiger partial charge in [0.1, 0.15) is 0 Å². The van der Waals surface area contributed by atoms with Gasteiger partial charge < -0.3 is 5.32 Å². The van der Waals surface area contributed by atoms with Gasteiger partial charge in [-0.3, -0.25) is 0 Å². The van der Waals surface area contributed by atoms with Gasteiger partial charge in [-0.1, -0.05) is 26.0 Å². The highest BCUT2D eigenvalue weighted by Gasteiger charge is 2.33. The summed E-state index contributed by atoms with van der Waals surface area (Å²) in [6.07, 6.45) is 1.27. The van der Waals surface area contributed by atoms with Crippen molar-refractivity contribution in [3.63, 3.8) is 0 Å². The molecule has 1 saturated heterocycles. The van der Waals surface area contributed by atoms with E-state index in [2.05, 4.69) is 75.6 Å². The van der Waals surface area contributed by atoms with Crippen molar-refractivity contribution in [2.45, 2.75) is 57.6 Å². The van der Waals surface area contributed by atoms with Crippen molar-refractivity contribution in [1.82, 2.24) is 5.32 Å². The van der Waals surface area contributed by atoms with Crippen LogP contribution in [0, 0.1) is 20.8 Å². The first kappa shape index (κ1) is 17.2. The van der Waals surface area contributed by atoms with Gasteiger partial charge in [0, 0.05) is 28.0 Å². The third-order valence-corrected chi connectivity index (χ3v) is 7.82. The van der Waals surface area contributed by atoms with Gasteiger partial charge in [-0.05, 0) is 56.0 Å². The number of benzene rings is 1. The fourth-order valence-electron chi connectivity index (χ4n) is 3.19. The average Bonchev–Trinajstić information content (AvgIpc) is 2.49. The number of nitrogens with one attached hydrogen (secondary N) is 1. The molecule has 1 aromatic carbocycles. The molecule has 1 N–H and O–H groups in total. The summed E-state index contributed by atoms with van der Waals surface area (Å²) in [7, 11) is 0. The van der Waals surface area contributed by atoms with Gasteiger partial charge in [-0.25, -0.2) is 0 Å². The molecule has 1 aliphatic heterocycles. The molecule has 0 bridgehead atoms. The Labute approximate surface area is 139 Å². The molecule has 1 heterocycles. The van der Waals surface area contributed by atoms with Crippen LogP contribution >= 0.6 is 23.5 Å². The SMILES string of the molecule is CCNC(c1cc(C)c(C)cc1C)C1SCCSC1CC. The van der Waals surface area contributed by atoms with Gasteiger partial charge in [0.25, 0.3) is 0 Å². The Hall–Kier alpha value is -0.120. The molecule has 1 aliphatic rings. The highest BCUT2D eigenvalue weighted by Crippen LogP contribution is 2.41. The van der Waals surface area contributed by atoms with Crippen molar-refractivity contribution in [3.8, 4) is 0 Å². The molecule has 3 unspecified atom stereocenters. The highest BCUT2D eigenvalue weighted by atomic mass is 32.2. The smallest absolute Gasteiger partial charge is 0.0454 e. The Bertz CT molecular complexity index is 473. The third-order valence-electron chi connectivity index (χ3n) is 4.46. The van der Waals surface area contributed by atoms with Crippen LogP contribution in [0.25, 0.3) is 0 Å². The topological polar surface area (TPSA) is 12.0 Å². The second-order valence-corrected chi connectivity index (χ2v) is 8.61. The summed E-state index contributed by atoms with van der Waals surface area (Å²) in [5.41, 5.74) is 5.78. The first-order valence-electron chi connectivity index (χ1n) is 8.12. The molecule has 0 aliphatic carbocycles. The van der Waals surface area contributed by atoms with Crippen LogP contribution in [0.15, 0.2) is 12.1 Å². The second kappa shape index (κ2) is 7.94. The van der Waals surface area contributed by atoms with Crippen LogP contribution in [0.1, 0.15) is 48.6 Å². The molecule has 118 valence electrons. The van der Waals surface area contributed by atoms with E-state index in [9.17, 15) is 0 Å². The van der Waals surface area contributed by atoms with E-state index in [0.717, 1.165) is 11.8 Å². The zero-order chi connectivity index (χ0) is 15.4. The largest absolute Gasteiger partial charge is 0.309 e. The summed E-state index contributed by atoms with van der Waals surface area (Å²) in [5.74, 6) is 2.60. The molecule has 21 heavy (non-hydrogen) atoms. The minimum absolute atomic E-state index is 0.483. The predicted molar refractivity (Wildman–Crippen MR) is 99.9 cm³/mol. The van der Waals surface area contributed by atoms with E-state index in [1.807, 2.05) is 0 Å². The standard InChI is InChI=1S/C18H29NS2/c1-6-16-18(21-9-8-20-16)17(19-7-2)15-11-13(4)12(3)10-14(15)5/h10-11,16-19H,6-9H2,1-5H3. The lowest BCUT2D eigenvalue weighted by atomic mass is 9.92. The number of hydrogen-bond donors (Lipinski definition) is 1. The van der Waals surface area contributed by atoms with Crippen LogP contribution in [0.4, 0.5) is 0 Å². The summed E-state index contributed by atoms with van der Waals surface area (Å²) < 4.78 is 0. The molecule has 1 fully saturated rings. The summed E-state index contributed by atoms with van der Waals surface area (Å²) >= 11 is 4.35. The van der Waals surface area contributed by atoms with Gasteiger partial charge in [0.05, 0.1) is 0 Å². The molecular weight excluding hydrogens is 294 g/mol. The normalized spacial score (nSPS) is 24.0. The van der Waals surface area contributed by atoms with Crippen molar-refractivity contribution in [2.75, 3.05) is 18.1 Å². The maximum Gasteiger partial charge on any atom is 0.0454 e. The minimum atomic E-state index is 0.483. The molecule has 0 aromatic heterocycles.